The number of carbonyl (C=O) groups excluding carboxylic acids is 3. The number of nitrogens with one attached hydrogen (secondary N) is 3. The largest absolute Gasteiger partial charge is 0.496 e. The first-order valence-electron chi connectivity index (χ1n) is 12.1. The highest BCUT2D eigenvalue weighted by atomic mass is 32.1. The molecule has 0 saturated carbocycles. The van der Waals surface area contributed by atoms with Crippen LogP contribution in [-0.4, -0.2) is 55.2 Å². The van der Waals surface area contributed by atoms with Gasteiger partial charge in [0.05, 0.1) is 29.5 Å². The molecular formula is C27H35N5O4S. The number of thiophene rings is 1. The van der Waals surface area contributed by atoms with E-state index in [2.05, 4.69) is 10.6 Å². The van der Waals surface area contributed by atoms with E-state index >= 15 is 0 Å². The van der Waals surface area contributed by atoms with Crippen molar-refractivity contribution < 1.29 is 19.1 Å². The highest BCUT2D eigenvalue weighted by Gasteiger charge is 2.40. The molecule has 3 amide bonds. The summed E-state index contributed by atoms with van der Waals surface area (Å²) in [6.45, 7) is 9.38. The Morgan fingerprint density at radius 3 is 2.62 bits per heavy atom. The molecule has 10 heteroatoms. The van der Waals surface area contributed by atoms with Gasteiger partial charge in [0.25, 0.3) is 5.91 Å². The van der Waals surface area contributed by atoms with Crippen LogP contribution in [0, 0.1) is 17.7 Å². The molecule has 3 N–H and O–H groups in total. The predicted molar refractivity (Wildman–Crippen MR) is 148 cm³/mol. The van der Waals surface area contributed by atoms with Crippen molar-refractivity contribution in [2.75, 3.05) is 30.5 Å². The first-order chi connectivity index (χ1) is 17.5. The van der Waals surface area contributed by atoms with Gasteiger partial charge in [-0.25, -0.2) is 0 Å². The SMILES string of the molecule is COc1ccccc1CC(=O)N1CN(CC(C)(C)C(=O)NC(C)C)C(=O)c2c1sc(N/C=C\C=N)c2C. The molecule has 0 atom stereocenters. The van der Waals surface area contributed by atoms with Crippen LogP contribution in [-0.2, 0) is 16.0 Å². The molecule has 1 aliphatic heterocycles. The maximum absolute atomic E-state index is 13.7. The average Bonchev–Trinajstić information content (AvgIpc) is 3.17. The molecule has 0 radical (unpaired) electrons. The monoisotopic (exact) mass is 525 g/mol. The Balaban J connectivity index is 2.00. The third kappa shape index (κ3) is 6.19. The average molecular weight is 526 g/mol. The molecule has 1 aromatic heterocycles. The zero-order valence-corrected chi connectivity index (χ0v) is 23.0. The van der Waals surface area contributed by atoms with E-state index in [1.807, 2.05) is 45.0 Å². The minimum atomic E-state index is -0.869. The van der Waals surface area contributed by atoms with Crippen molar-refractivity contribution >= 4 is 45.3 Å². The van der Waals surface area contributed by atoms with Gasteiger partial charge in [-0.05, 0) is 52.3 Å². The van der Waals surface area contributed by atoms with Crippen LogP contribution in [0.25, 0.3) is 0 Å². The van der Waals surface area contributed by atoms with Crippen LogP contribution in [0.2, 0.25) is 0 Å². The van der Waals surface area contributed by atoms with Gasteiger partial charge in [-0.2, -0.15) is 0 Å². The molecule has 37 heavy (non-hydrogen) atoms. The van der Waals surface area contributed by atoms with Crippen molar-refractivity contribution in [3.63, 3.8) is 0 Å². The smallest absolute Gasteiger partial charge is 0.258 e. The van der Waals surface area contributed by atoms with Crippen molar-refractivity contribution in [3.05, 3.63) is 53.2 Å². The van der Waals surface area contributed by atoms with Gasteiger partial charge < -0.3 is 25.7 Å². The van der Waals surface area contributed by atoms with E-state index in [9.17, 15) is 14.4 Å². The number of hydrogen-bond acceptors (Lipinski definition) is 7. The first kappa shape index (κ1) is 27.9. The van der Waals surface area contributed by atoms with E-state index in [1.165, 1.54) is 17.4 Å². The fraction of sp³-hybridized carbons (Fsp3) is 0.407. The molecular weight excluding hydrogens is 490 g/mol. The van der Waals surface area contributed by atoms with Gasteiger partial charge in [0.2, 0.25) is 11.8 Å². The summed E-state index contributed by atoms with van der Waals surface area (Å²) in [5.74, 6) is 0.0540. The maximum atomic E-state index is 13.7. The van der Waals surface area contributed by atoms with Gasteiger partial charge in [-0.1, -0.05) is 29.5 Å². The number of carbonyl (C=O) groups is 3. The number of nitrogens with zero attached hydrogens (tertiary/aromatic N) is 2. The molecule has 198 valence electrons. The summed E-state index contributed by atoms with van der Waals surface area (Å²) in [6, 6.07) is 7.32. The van der Waals surface area contributed by atoms with Crippen LogP contribution in [0.4, 0.5) is 10.0 Å². The number of hydrogen-bond donors (Lipinski definition) is 3. The number of allylic oxidation sites excluding steroid dienone is 1. The van der Waals surface area contributed by atoms with Crippen molar-refractivity contribution in [1.82, 2.24) is 10.2 Å². The summed E-state index contributed by atoms with van der Waals surface area (Å²) in [7, 11) is 1.56. The number of anilines is 2. The van der Waals surface area contributed by atoms with Crippen LogP contribution in [0.5, 0.6) is 5.75 Å². The van der Waals surface area contributed by atoms with Gasteiger partial charge in [-0.3, -0.25) is 19.3 Å². The van der Waals surface area contributed by atoms with Crippen LogP contribution in [0.3, 0.4) is 0 Å². The fourth-order valence-electron chi connectivity index (χ4n) is 4.13. The second kappa shape index (κ2) is 11.6. The number of ether oxygens (including phenoxy) is 1. The van der Waals surface area contributed by atoms with Gasteiger partial charge in [0.15, 0.2) is 0 Å². The number of fused-ring (bicyclic) bond motifs is 1. The van der Waals surface area contributed by atoms with Gasteiger partial charge in [0.1, 0.15) is 17.4 Å². The Bertz CT molecular complexity index is 1220. The summed E-state index contributed by atoms with van der Waals surface area (Å²) < 4.78 is 5.43. The van der Waals surface area contributed by atoms with E-state index in [-0.39, 0.29) is 43.4 Å². The summed E-state index contributed by atoms with van der Waals surface area (Å²) in [6.07, 6.45) is 4.39. The molecule has 2 heterocycles. The molecule has 2 aromatic rings. The van der Waals surface area contributed by atoms with Gasteiger partial charge >= 0.3 is 0 Å². The normalized spacial score (nSPS) is 13.6. The molecule has 9 nitrogen and oxygen atoms in total. The Labute approximate surface area is 222 Å². The topological polar surface area (TPSA) is 115 Å². The Hall–Kier alpha value is -3.66. The Morgan fingerprint density at radius 1 is 1.27 bits per heavy atom. The van der Waals surface area contributed by atoms with E-state index in [0.29, 0.717) is 26.9 Å². The molecule has 0 saturated heterocycles. The molecule has 0 fully saturated rings. The number of para-hydroxylation sites is 1. The highest BCUT2D eigenvalue weighted by Crippen LogP contribution is 2.43. The molecule has 0 bridgehead atoms. The lowest BCUT2D eigenvalue weighted by Crippen LogP contribution is -2.54. The van der Waals surface area contributed by atoms with Crippen molar-refractivity contribution in [1.29, 1.82) is 5.41 Å². The minimum Gasteiger partial charge on any atom is -0.496 e. The summed E-state index contributed by atoms with van der Waals surface area (Å²) in [5, 5.41) is 14.5. The van der Waals surface area contributed by atoms with Crippen molar-refractivity contribution in [3.8, 4) is 5.75 Å². The maximum Gasteiger partial charge on any atom is 0.258 e. The van der Waals surface area contributed by atoms with Crippen LogP contribution in [0.15, 0.2) is 36.5 Å². The quantitative estimate of drug-likeness (QED) is 0.403. The third-order valence-corrected chi connectivity index (χ3v) is 7.30. The zero-order valence-electron chi connectivity index (χ0n) is 22.2. The summed E-state index contributed by atoms with van der Waals surface area (Å²) in [4.78, 5) is 43.4. The molecule has 3 rings (SSSR count). The van der Waals surface area contributed by atoms with Gasteiger partial charge in [0, 0.05) is 30.6 Å². The van der Waals surface area contributed by atoms with Crippen molar-refractivity contribution in [2.45, 2.75) is 47.1 Å². The van der Waals surface area contributed by atoms with Crippen LogP contribution in [0.1, 0.15) is 49.2 Å². The second-order valence-corrected chi connectivity index (χ2v) is 10.9. The predicted octanol–water partition coefficient (Wildman–Crippen LogP) is 4.18. The second-order valence-electron chi connectivity index (χ2n) is 9.87. The molecule has 1 aliphatic rings. The van der Waals surface area contributed by atoms with Crippen molar-refractivity contribution in [2.24, 2.45) is 5.41 Å². The number of amides is 3. The fourth-order valence-corrected chi connectivity index (χ4v) is 5.32. The lowest BCUT2D eigenvalue weighted by molar-refractivity contribution is -0.130. The Morgan fingerprint density at radius 2 is 1.97 bits per heavy atom. The molecule has 0 aliphatic carbocycles. The number of methoxy groups -OCH3 is 1. The molecule has 1 aromatic carbocycles. The third-order valence-electron chi connectivity index (χ3n) is 6.05. The zero-order chi connectivity index (χ0) is 27.3. The summed E-state index contributed by atoms with van der Waals surface area (Å²) >= 11 is 1.32. The molecule has 0 spiro atoms. The number of rotatable bonds is 10. The lowest BCUT2D eigenvalue weighted by atomic mass is 9.90. The van der Waals surface area contributed by atoms with E-state index in [4.69, 9.17) is 10.1 Å². The van der Waals surface area contributed by atoms with E-state index < -0.39 is 5.41 Å². The van der Waals surface area contributed by atoms with E-state index in [0.717, 1.165) is 11.8 Å². The number of benzene rings is 1. The molecule has 0 unspecified atom stereocenters. The van der Waals surface area contributed by atoms with Crippen LogP contribution < -0.4 is 20.3 Å². The highest BCUT2D eigenvalue weighted by molar-refractivity contribution is 7.21. The lowest BCUT2D eigenvalue weighted by Gasteiger charge is -2.39. The van der Waals surface area contributed by atoms with Crippen LogP contribution >= 0.6 is 11.3 Å². The van der Waals surface area contributed by atoms with E-state index in [1.54, 1.807) is 37.0 Å². The standard InChI is InChI=1S/C27H35N5O4S/c1-17(2)30-26(35)27(4,5)15-31-16-32(21(33)14-19-10-7-8-11-20(19)36-6)25-22(24(31)34)18(3)23(37-25)29-13-9-12-28/h7-13,17,28-29H,14-16H2,1-6H3,(H,30,35)/b13-9-,28-12?. The Kier molecular flexibility index (Phi) is 8.75. The minimum absolute atomic E-state index is 0.0314. The summed E-state index contributed by atoms with van der Waals surface area (Å²) in [5.41, 5.74) is 1.03. The van der Waals surface area contributed by atoms with Gasteiger partial charge in [-0.15, -0.1) is 0 Å². The first-order valence-corrected chi connectivity index (χ1v) is 12.9.